The van der Waals surface area contributed by atoms with Crippen molar-refractivity contribution in [1.29, 1.82) is 0 Å². The number of aliphatic hydroxyl groups excluding tert-OH is 1. The lowest BCUT2D eigenvalue weighted by Crippen LogP contribution is -2.50. The monoisotopic (exact) mass is 557 g/mol. The van der Waals surface area contributed by atoms with Crippen LogP contribution in [0.2, 0.25) is 0 Å². The standard InChI is InChI=1S/C32H45F2N3O3/c1-4-12-37(13-5-2)32(40)26-11-10-25(18-26)31(39)36-29(17-24-15-27(33)19-28(34)16-24)30(38)21-35-20-23-9-7-8-22(6-3)14-23/h7-9,14-16,19,25-26,29-30,35,38H,4-6,10-13,17-18,20-21H2,1-3H3,(H,36,39). The Hall–Kier alpha value is -2.84. The Morgan fingerprint density at radius 3 is 2.25 bits per heavy atom. The van der Waals surface area contributed by atoms with E-state index in [-0.39, 0.29) is 36.6 Å². The number of hydrogen-bond acceptors (Lipinski definition) is 4. The van der Waals surface area contributed by atoms with Gasteiger partial charge >= 0.3 is 0 Å². The molecule has 220 valence electrons. The number of halogens is 2. The van der Waals surface area contributed by atoms with Gasteiger partial charge in [-0.15, -0.1) is 0 Å². The molecule has 1 aliphatic rings. The third-order valence-electron chi connectivity index (χ3n) is 7.70. The minimum Gasteiger partial charge on any atom is -0.390 e. The molecule has 4 unspecified atom stereocenters. The summed E-state index contributed by atoms with van der Waals surface area (Å²) >= 11 is 0. The SMILES string of the molecule is CCCN(CCC)C(=O)C1CCC(C(=O)NC(Cc2cc(F)cc(F)c2)C(O)CNCc2cccc(CC)c2)C1. The first-order chi connectivity index (χ1) is 19.2. The molecular formula is C32H45F2N3O3. The number of benzene rings is 2. The molecule has 2 aromatic rings. The first-order valence-corrected chi connectivity index (χ1v) is 14.7. The number of nitrogens with zero attached hydrogens (tertiary/aromatic N) is 1. The number of nitrogens with one attached hydrogen (secondary N) is 2. The zero-order chi connectivity index (χ0) is 29.1. The summed E-state index contributed by atoms with van der Waals surface area (Å²) < 4.78 is 27.8. The molecule has 6 nitrogen and oxygen atoms in total. The molecule has 40 heavy (non-hydrogen) atoms. The molecule has 0 radical (unpaired) electrons. The molecule has 2 amide bonds. The van der Waals surface area contributed by atoms with Gasteiger partial charge in [0.1, 0.15) is 11.6 Å². The van der Waals surface area contributed by atoms with E-state index in [2.05, 4.69) is 29.7 Å². The van der Waals surface area contributed by atoms with Crippen molar-refractivity contribution >= 4 is 11.8 Å². The van der Waals surface area contributed by atoms with Gasteiger partial charge in [-0.25, -0.2) is 8.78 Å². The quantitative estimate of drug-likeness (QED) is 0.295. The highest BCUT2D eigenvalue weighted by atomic mass is 19.1. The molecule has 0 bridgehead atoms. The van der Waals surface area contributed by atoms with E-state index < -0.39 is 23.8 Å². The van der Waals surface area contributed by atoms with Gasteiger partial charge < -0.3 is 20.6 Å². The molecule has 0 heterocycles. The molecule has 8 heteroatoms. The van der Waals surface area contributed by atoms with Crippen molar-refractivity contribution in [1.82, 2.24) is 15.5 Å². The van der Waals surface area contributed by atoms with Gasteiger partial charge in [0.15, 0.2) is 0 Å². The smallest absolute Gasteiger partial charge is 0.225 e. The second kappa shape index (κ2) is 15.8. The van der Waals surface area contributed by atoms with Gasteiger partial charge in [0, 0.05) is 44.1 Å². The summed E-state index contributed by atoms with van der Waals surface area (Å²) in [5, 5.41) is 17.3. The first-order valence-electron chi connectivity index (χ1n) is 14.7. The van der Waals surface area contributed by atoms with Crippen molar-refractivity contribution in [3.63, 3.8) is 0 Å². The van der Waals surface area contributed by atoms with Crippen LogP contribution in [0.5, 0.6) is 0 Å². The Balaban J connectivity index is 1.65. The van der Waals surface area contributed by atoms with Crippen molar-refractivity contribution < 1.29 is 23.5 Å². The minimum absolute atomic E-state index is 0.0739. The van der Waals surface area contributed by atoms with Crippen LogP contribution in [-0.2, 0) is 29.0 Å². The van der Waals surface area contributed by atoms with Crippen LogP contribution in [-0.4, -0.2) is 53.6 Å². The zero-order valence-corrected chi connectivity index (χ0v) is 24.1. The second-order valence-electron chi connectivity index (χ2n) is 11.0. The topological polar surface area (TPSA) is 81.7 Å². The lowest BCUT2D eigenvalue weighted by atomic mass is 9.98. The summed E-state index contributed by atoms with van der Waals surface area (Å²) in [5.74, 6) is -2.06. The van der Waals surface area contributed by atoms with E-state index in [0.29, 0.717) is 44.5 Å². The number of carbonyl (C=O) groups is 2. The Kier molecular flexibility index (Phi) is 12.5. The summed E-state index contributed by atoms with van der Waals surface area (Å²) in [6.45, 7) is 8.35. The first kappa shape index (κ1) is 31.7. The van der Waals surface area contributed by atoms with Crippen LogP contribution in [0.3, 0.4) is 0 Å². The van der Waals surface area contributed by atoms with E-state index in [0.717, 1.165) is 30.9 Å². The lowest BCUT2D eigenvalue weighted by molar-refractivity contribution is -0.135. The molecule has 0 aliphatic heterocycles. The molecule has 1 fully saturated rings. The number of hydrogen-bond donors (Lipinski definition) is 3. The Bertz CT molecular complexity index is 1090. The highest BCUT2D eigenvalue weighted by molar-refractivity contribution is 5.83. The van der Waals surface area contributed by atoms with Crippen molar-refractivity contribution in [2.24, 2.45) is 11.8 Å². The fraction of sp³-hybridized carbons (Fsp3) is 0.562. The molecule has 0 saturated heterocycles. The maximum Gasteiger partial charge on any atom is 0.225 e. The fourth-order valence-corrected chi connectivity index (χ4v) is 5.61. The fourth-order valence-electron chi connectivity index (χ4n) is 5.61. The van der Waals surface area contributed by atoms with Crippen molar-refractivity contribution in [2.45, 2.75) is 84.4 Å². The van der Waals surface area contributed by atoms with Crippen LogP contribution in [0.1, 0.15) is 69.6 Å². The normalized spacial score (nSPS) is 18.4. The molecular weight excluding hydrogens is 512 g/mol. The maximum atomic E-state index is 13.9. The number of amides is 2. The van der Waals surface area contributed by atoms with E-state index in [4.69, 9.17) is 0 Å². The van der Waals surface area contributed by atoms with Gasteiger partial charge in [-0.3, -0.25) is 9.59 Å². The van der Waals surface area contributed by atoms with Crippen LogP contribution < -0.4 is 10.6 Å². The third kappa shape index (κ3) is 9.37. The van der Waals surface area contributed by atoms with E-state index in [9.17, 15) is 23.5 Å². The van der Waals surface area contributed by atoms with Crippen molar-refractivity contribution in [3.8, 4) is 0 Å². The lowest BCUT2D eigenvalue weighted by Gasteiger charge is -2.27. The number of aliphatic hydroxyl groups is 1. The van der Waals surface area contributed by atoms with Crippen LogP contribution in [0.4, 0.5) is 8.78 Å². The molecule has 0 spiro atoms. The highest BCUT2D eigenvalue weighted by Crippen LogP contribution is 2.33. The van der Waals surface area contributed by atoms with Gasteiger partial charge in [0.05, 0.1) is 12.1 Å². The molecule has 1 aliphatic carbocycles. The third-order valence-corrected chi connectivity index (χ3v) is 7.70. The Morgan fingerprint density at radius 2 is 1.60 bits per heavy atom. The van der Waals surface area contributed by atoms with Crippen molar-refractivity contribution in [3.05, 3.63) is 70.8 Å². The Morgan fingerprint density at radius 1 is 0.950 bits per heavy atom. The van der Waals surface area contributed by atoms with Gasteiger partial charge in [0.2, 0.25) is 11.8 Å². The van der Waals surface area contributed by atoms with E-state index >= 15 is 0 Å². The van der Waals surface area contributed by atoms with Gasteiger partial charge in [-0.2, -0.15) is 0 Å². The maximum absolute atomic E-state index is 13.9. The minimum atomic E-state index is -0.993. The number of aryl methyl sites for hydroxylation is 1. The summed E-state index contributed by atoms with van der Waals surface area (Å²) in [4.78, 5) is 28.3. The molecule has 4 atom stereocenters. The van der Waals surface area contributed by atoms with E-state index in [1.807, 2.05) is 30.9 Å². The molecule has 0 aromatic heterocycles. The summed E-state index contributed by atoms with van der Waals surface area (Å²) in [6.07, 6.45) is 3.51. The average molecular weight is 558 g/mol. The predicted molar refractivity (Wildman–Crippen MR) is 154 cm³/mol. The highest BCUT2D eigenvalue weighted by Gasteiger charge is 2.37. The van der Waals surface area contributed by atoms with Crippen LogP contribution >= 0.6 is 0 Å². The average Bonchev–Trinajstić information content (AvgIpc) is 3.42. The van der Waals surface area contributed by atoms with Crippen molar-refractivity contribution in [2.75, 3.05) is 19.6 Å². The zero-order valence-electron chi connectivity index (χ0n) is 24.1. The number of carbonyl (C=O) groups excluding carboxylic acids is 2. The van der Waals surface area contributed by atoms with E-state index in [1.54, 1.807) is 0 Å². The van der Waals surface area contributed by atoms with E-state index in [1.165, 1.54) is 17.7 Å². The predicted octanol–water partition coefficient (Wildman–Crippen LogP) is 4.77. The molecule has 1 saturated carbocycles. The van der Waals surface area contributed by atoms with Gasteiger partial charge in [0.25, 0.3) is 0 Å². The van der Waals surface area contributed by atoms with Gasteiger partial charge in [-0.1, -0.05) is 45.0 Å². The molecule has 3 N–H and O–H groups in total. The Labute approximate surface area is 237 Å². The summed E-state index contributed by atoms with van der Waals surface area (Å²) in [5.41, 5.74) is 2.66. The van der Waals surface area contributed by atoms with Crippen LogP contribution in [0.15, 0.2) is 42.5 Å². The van der Waals surface area contributed by atoms with Crippen LogP contribution in [0, 0.1) is 23.5 Å². The summed E-state index contributed by atoms with van der Waals surface area (Å²) in [7, 11) is 0. The molecule has 3 rings (SSSR count). The second-order valence-corrected chi connectivity index (χ2v) is 11.0. The molecule has 2 aromatic carbocycles. The van der Waals surface area contributed by atoms with Gasteiger partial charge in [-0.05, 0) is 73.8 Å². The largest absolute Gasteiger partial charge is 0.390 e. The summed E-state index contributed by atoms with van der Waals surface area (Å²) in [6, 6.07) is 10.7. The number of rotatable bonds is 15. The van der Waals surface area contributed by atoms with Crippen LogP contribution in [0.25, 0.3) is 0 Å².